The van der Waals surface area contributed by atoms with Gasteiger partial charge in [-0.1, -0.05) is 18.2 Å². The summed E-state index contributed by atoms with van der Waals surface area (Å²) in [4.78, 5) is 0. The van der Waals surface area contributed by atoms with E-state index in [4.69, 9.17) is 15.6 Å². The van der Waals surface area contributed by atoms with Crippen molar-refractivity contribution in [1.82, 2.24) is 0 Å². The third kappa shape index (κ3) is 3.28. The Morgan fingerprint density at radius 1 is 1.21 bits per heavy atom. The van der Waals surface area contributed by atoms with E-state index in [1.807, 2.05) is 43.3 Å². The number of nitrogens with two attached hydrogens (primary N) is 1. The molecular formula is C15H16BrNO2. The molecule has 2 aromatic carbocycles. The summed E-state index contributed by atoms with van der Waals surface area (Å²) < 4.78 is 6.73. The Morgan fingerprint density at radius 3 is 2.68 bits per heavy atom. The number of nitrogen functional groups attached to an aromatic ring is 1. The lowest BCUT2D eigenvalue weighted by molar-refractivity contribution is 0.298. The monoisotopic (exact) mass is 321 g/mol. The van der Waals surface area contributed by atoms with Gasteiger partial charge in [-0.15, -0.1) is 0 Å². The maximum absolute atomic E-state index is 9.06. The van der Waals surface area contributed by atoms with Crippen molar-refractivity contribution in [3.05, 3.63) is 52.0 Å². The van der Waals surface area contributed by atoms with E-state index in [9.17, 15) is 0 Å². The minimum Gasteiger partial charge on any atom is -0.456 e. The molecule has 4 heteroatoms. The molecule has 0 bridgehead atoms. The Balaban J connectivity index is 2.33. The highest BCUT2D eigenvalue weighted by Gasteiger charge is 2.08. The molecule has 100 valence electrons. The molecule has 2 rings (SSSR count). The molecule has 0 spiro atoms. The van der Waals surface area contributed by atoms with Gasteiger partial charge >= 0.3 is 0 Å². The highest BCUT2D eigenvalue weighted by atomic mass is 79.9. The Bertz CT molecular complexity index is 584. The normalized spacial score (nSPS) is 10.5. The van der Waals surface area contributed by atoms with Crippen LogP contribution in [-0.2, 0) is 6.42 Å². The number of aliphatic hydroxyl groups is 1. The summed E-state index contributed by atoms with van der Waals surface area (Å²) in [6, 6.07) is 11.4. The standard InChI is InChI=1S/C15H16BrNO2/c1-10-8-15(12(16)9-13(10)17)19-14-5-3-2-4-11(14)6-7-18/h2-5,8-9,18H,6-7,17H2,1H3. The highest BCUT2D eigenvalue weighted by Crippen LogP contribution is 2.34. The SMILES string of the molecule is Cc1cc(Oc2ccccc2CCO)c(Br)cc1N. The van der Waals surface area contributed by atoms with Crippen molar-refractivity contribution in [3.8, 4) is 11.5 Å². The molecule has 2 aromatic rings. The van der Waals surface area contributed by atoms with Crippen LogP contribution in [0.5, 0.6) is 11.5 Å². The van der Waals surface area contributed by atoms with E-state index < -0.39 is 0 Å². The third-order valence-electron chi connectivity index (χ3n) is 2.89. The molecule has 0 aliphatic rings. The first kappa shape index (κ1) is 13.9. The van der Waals surface area contributed by atoms with Crippen LogP contribution in [0.2, 0.25) is 0 Å². The number of para-hydroxylation sites is 1. The van der Waals surface area contributed by atoms with Crippen LogP contribution in [0.4, 0.5) is 5.69 Å². The summed E-state index contributed by atoms with van der Waals surface area (Å²) in [7, 11) is 0. The molecule has 0 fully saturated rings. The molecule has 0 heterocycles. The first-order valence-corrected chi connectivity index (χ1v) is 6.83. The number of ether oxygens (including phenoxy) is 1. The van der Waals surface area contributed by atoms with Gasteiger partial charge in [-0.25, -0.2) is 0 Å². The lowest BCUT2D eigenvalue weighted by Gasteiger charge is -2.13. The fraction of sp³-hybridized carbons (Fsp3) is 0.200. The number of hydrogen-bond acceptors (Lipinski definition) is 3. The van der Waals surface area contributed by atoms with Crippen molar-refractivity contribution in [2.45, 2.75) is 13.3 Å². The second-order valence-electron chi connectivity index (χ2n) is 4.32. The van der Waals surface area contributed by atoms with Crippen LogP contribution >= 0.6 is 15.9 Å². The Morgan fingerprint density at radius 2 is 1.95 bits per heavy atom. The molecule has 0 aliphatic carbocycles. The predicted molar refractivity (Wildman–Crippen MR) is 80.6 cm³/mol. The zero-order valence-electron chi connectivity index (χ0n) is 10.7. The first-order chi connectivity index (χ1) is 9.11. The van der Waals surface area contributed by atoms with E-state index in [0.29, 0.717) is 6.42 Å². The molecule has 0 amide bonds. The van der Waals surface area contributed by atoms with Crippen molar-refractivity contribution in [2.75, 3.05) is 12.3 Å². The van der Waals surface area contributed by atoms with Crippen molar-refractivity contribution >= 4 is 21.6 Å². The highest BCUT2D eigenvalue weighted by molar-refractivity contribution is 9.10. The van der Waals surface area contributed by atoms with Gasteiger partial charge in [-0.3, -0.25) is 0 Å². The number of aryl methyl sites for hydroxylation is 1. The second-order valence-corrected chi connectivity index (χ2v) is 5.18. The van der Waals surface area contributed by atoms with E-state index in [2.05, 4.69) is 15.9 Å². The molecule has 0 radical (unpaired) electrons. The zero-order chi connectivity index (χ0) is 13.8. The number of hydrogen-bond donors (Lipinski definition) is 2. The smallest absolute Gasteiger partial charge is 0.142 e. The van der Waals surface area contributed by atoms with Gasteiger partial charge in [0.1, 0.15) is 11.5 Å². The molecule has 0 atom stereocenters. The molecule has 3 nitrogen and oxygen atoms in total. The summed E-state index contributed by atoms with van der Waals surface area (Å²) in [6.07, 6.45) is 0.571. The zero-order valence-corrected chi connectivity index (χ0v) is 12.3. The lowest BCUT2D eigenvalue weighted by atomic mass is 10.1. The maximum Gasteiger partial charge on any atom is 0.142 e. The Labute approximate surface area is 121 Å². The molecule has 0 aliphatic heterocycles. The summed E-state index contributed by atoms with van der Waals surface area (Å²) in [5, 5.41) is 9.06. The third-order valence-corrected chi connectivity index (χ3v) is 3.51. The number of aliphatic hydroxyl groups excluding tert-OH is 1. The molecule has 0 saturated heterocycles. The molecule has 0 unspecified atom stereocenters. The first-order valence-electron chi connectivity index (χ1n) is 6.04. The topological polar surface area (TPSA) is 55.5 Å². The predicted octanol–water partition coefficient (Wildman–Crippen LogP) is 3.67. The molecule has 0 saturated carbocycles. The summed E-state index contributed by atoms with van der Waals surface area (Å²) in [5.41, 5.74) is 8.52. The average Bonchev–Trinajstić information content (AvgIpc) is 2.38. The van der Waals surface area contributed by atoms with Gasteiger partial charge in [-0.05, 0) is 58.6 Å². The van der Waals surface area contributed by atoms with Gasteiger partial charge < -0.3 is 15.6 Å². The van der Waals surface area contributed by atoms with E-state index >= 15 is 0 Å². The van der Waals surface area contributed by atoms with Crippen molar-refractivity contribution in [3.63, 3.8) is 0 Å². The van der Waals surface area contributed by atoms with Gasteiger partial charge in [0.25, 0.3) is 0 Å². The van der Waals surface area contributed by atoms with Crippen LogP contribution in [0, 0.1) is 6.92 Å². The van der Waals surface area contributed by atoms with Crippen molar-refractivity contribution in [2.24, 2.45) is 0 Å². The van der Waals surface area contributed by atoms with Crippen LogP contribution in [0.15, 0.2) is 40.9 Å². The van der Waals surface area contributed by atoms with Gasteiger partial charge in [0, 0.05) is 12.3 Å². The summed E-state index contributed by atoms with van der Waals surface area (Å²) in [5.74, 6) is 1.47. The Kier molecular flexibility index (Phi) is 4.45. The number of anilines is 1. The van der Waals surface area contributed by atoms with Crippen LogP contribution in [-0.4, -0.2) is 11.7 Å². The summed E-state index contributed by atoms with van der Waals surface area (Å²) >= 11 is 3.45. The fourth-order valence-corrected chi connectivity index (χ4v) is 2.24. The molecule has 0 aromatic heterocycles. The van der Waals surface area contributed by atoms with E-state index in [1.165, 1.54) is 0 Å². The number of rotatable bonds is 4. The molecular weight excluding hydrogens is 306 g/mol. The largest absolute Gasteiger partial charge is 0.456 e. The van der Waals surface area contributed by atoms with Gasteiger partial charge in [0.2, 0.25) is 0 Å². The quantitative estimate of drug-likeness (QED) is 0.845. The van der Waals surface area contributed by atoms with E-state index in [-0.39, 0.29) is 6.61 Å². The van der Waals surface area contributed by atoms with Crippen LogP contribution in [0.3, 0.4) is 0 Å². The number of halogens is 1. The van der Waals surface area contributed by atoms with Gasteiger partial charge in [0.05, 0.1) is 4.47 Å². The average molecular weight is 322 g/mol. The van der Waals surface area contributed by atoms with E-state index in [0.717, 1.165) is 32.8 Å². The van der Waals surface area contributed by atoms with Crippen LogP contribution in [0.1, 0.15) is 11.1 Å². The second kappa shape index (κ2) is 6.08. The van der Waals surface area contributed by atoms with Crippen molar-refractivity contribution < 1.29 is 9.84 Å². The minimum absolute atomic E-state index is 0.0995. The Hall–Kier alpha value is -1.52. The maximum atomic E-state index is 9.06. The van der Waals surface area contributed by atoms with Gasteiger partial charge in [0.15, 0.2) is 0 Å². The summed E-state index contributed by atoms with van der Waals surface area (Å²) in [6.45, 7) is 2.04. The minimum atomic E-state index is 0.0995. The molecule has 19 heavy (non-hydrogen) atoms. The van der Waals surface area contributed by atoms with Crippen molar-refractivity contribution in [1.29, 1.82) is 0 Å². The fourth-order valence-electron chi connectivity index (χ4n) is 1.80. The van der Waals surface area contributed by atoms with E-state index in [1.54, 1.807) is 0 Å². The van der Waals surface area contributed by atoms with Crippen LogP contribution in [0.25, 0.3) is 0 Å². The number of benzene rings is 2. The molecule has 3 N–H and O–H groups in total. The van der Waals surface area contributed by atoms with Crippen LogP contribution < -0.4 is 10.5 Å². The van der Waals surface area contributed by atoms with Gasteiger partial charge in [-0.2, -0.15) is 0 Å². The lowest BCUT2D eigenvalue weighted by Crippen LogP contribution is -1.97.